The Hall–Kier alpha value is -3.47. The van der Waals surface area contributed by atoms with Gasteiger partial charge >= 0.3 is 0 Å². The van der Waals surface area contributed by atoms with E-state index in [0.29, 0.717) is 46.7 Å². The van der Waals surface area contributed by atoms with Gasteiger partial charge in [0, 0.05) is 32.5 Å². The van der Waals surface area contributed by atoms with Crippen molar-refractivity contribution in [2.45, 2.75) is 32.6 Å². The zero-order chi connectivity index (χ0) is 23.9. The lowest BCUT2D eigenvalue weighted by atomic mass is 10.2. The van der Waals surface area contributed by atoms with Crippen LogP contribution < -0.4 is 16.0 Å². The van der Waals surface area contributed by atoms with E-state index in [2.05, 4.69) is 55.7 Å². The summed E-state index contributed by atoms with van der Waals surface area (Å²) < 4.78 is 0. The van der Waals surface area contributed by atoms with E-state index in [4.69, 9.17) is 5.26 Å². The van der Waals surface area contributed by atoms with Crippen molar-refractivity contribution in [3.63, 3.8) is 0 Å². The van der Waals surface area contributed by atoms with E-state index in [-0.39, 0.29) is 5.91 Å². The highest BCUT2D eigenvalue weighted by Gasteiger charge is 2.08. The summed E-state index contributed by atoms with van der Waals surface area (Å²) >= 11 is 1.24. The second kappa shape index (κ2) is 14.6. The van der Waals surface area contributed by atoms with Crippen molar-refractivity contribution in [1.29, 1.82) is 5.26 Å². The van der Waals surface area contributed by atoms with Gasteiger partial charge in [0.05, 0.1) is 18.0 Å². The molecule has 0 aliphatic heterocycles. The van der Waals surface area contributed by atoms with Crippen LogP contribution in [-0.2, 0) is 4.79 Å². The highest BCUT2D eigenvalue weighted by Crippen LogP contribution is 2.21. The summed E-state index contributed by atoms with van der Waals surface area (Å²) in [6, 6.07) is 2.06. The van der Waals surface area contributed by atoms with Crippen molar-refractivity contribution in [2.24, 2.45) is 0 Å². The summed E-state index contributed by atoms with van der Waals surface area (Å²) in [5.41, 5.74) is 0.709. The Morgan fingerprint density at radius 1 is 1.24 bits per heavy atom. The van der Waals surface area contributed by atoms with Gasteiger partial charge in [-0.25, -0.2) is 9.97 Å². The number of rotatable bonds is 12. The molecule has 2 aromatic rings. The van der Waals surface area contributed by atoms with Gasteiger partial charge in [0.25, 0.3) is 0 Å². The lowest BCUT2D eigenvalue weighted by Crippen LogP contribution is -2.23. The predicted molar refractivity (Wildman–Crippen MR) is 132 cm³/mol. The van der Waals surface area contributed by atoms with Crippen LogP contribution in [0.5, 0.6) is 0 Å². The molecular formula is C23H30N8OS. The van der Waals surface area contributed by atoms with Crippen molar-refractivity contribution < 1.29 is 4.79 Å². The van der Waals surface area contributed by atoms with E-state index in [9.17, 15) is 4.79 Å². The quantitative estimate of drug-likeness (QED) is 0.248. The van der Waals surface area contributed by atoms with E-state index in [1.54, 1.807) is 6.20 Å². The van der Waals surface area contributed by atoms with Gasteiger partial charge in [0.15, 0.2) is 5.13 Å². The van der Waals surface area contributed by atoms with Crippen molar-refractivity contribution in [1.82, 2.24) is 25.2 Å². The largest absolute Gasteiger partial charge is 0.369 e. The van der Waals surface area contributed by atoms with Gasteiger partial charge in [-0.2, -0.15) is 10.2 Å². The van der Waals surface area contributed by atoms with Gasteiger partial charge < -0.3 is 15.5 Å². The summed E-state index contributed by atoms with van der Waals surface area (Å²) in [5, 5.41) is 18.7. The predicted octanol–water partition coefficient (Wildman–Crippen LogP) is 3.13. The third-order valence-electron chi connectivity index (χ3n) is 4.13. The number of nitrogens with one attached hydrogen (secondary N) is 3. The molecule has 0 saturated heterocycles. The minimum atomic E-state index is 0.0163. The number of nitrogens with zero attached hydrogens (tertiary/aromatic N) is 5. The van der Waals surface area contributed by atoms with Gasteiger partial charge in [-0.1, -0.05) is 42.3 Å². The molecule has 0 bridgehead atoms. The van der Waals surface area contributed by atoms with E-state index >= 15 is 0 Å². The van der Waals surface area contributed by atoms with E-state index in [0.717, 1.165) is 25.9 Å². The normalized spacial score (nSPS) is 10.5. The number of carbonyl (C=O) groups excluding carboxylic acids is 1. The molecule has 9 nitrogen and oxygen atoms in total. The number of nitriles is 1. The molecule has 0 saturated carbocycles. The van der Waals surface area contributed by atoms with Gasteiger partial charge in [0.1, 0.15) is 16.8 Å². The average Bonchev–Trinajstić information content (AvgIpc) is 3.26. The summed E-state index contributed by atoms with van der Waals surface area (Å²) in [6.45, 7) is 4.25. The van der Waals surface area contributed by atoms with E-state index < -0.39 is 0 Å². The number of likely N-dealkylation sites (N-methyl/N-ethyl adjacent to an activating group) is 1. The molecule has 0 fully saturated rings. The maximum absolute atomic E-state index is 11.8. The second-order valence-electron chi connectivity index (χ2n) is 7.34. The number of amides is 1. The van der Waals surface area contributed by atoms with Gasteiger partial charge in [-0.05, 0) is 26.9 Å². The van der Waals surface area contributed by atoms with Crippen LogP contribution in [0, 0.1) is 23.2 Å². The molecule has 3 N–H and O–H groups in total. The van der Waals surface area contributed by atoms with Crippen molar-refractivity contribution in [2.75, 3.05) is 44.4 Å². The van der Waals surface area contributed by atoms with Crippen LogP contribution in [0.3, 0.4) is 0 Å². The summed E-state index contributed by atoms with van der Waals surface area (Å²) in [7, 11) is 3.97. The first-order valence-corrected chi connectivity index (χ1v) is 11.6. The molecule has 10 heteroatoms. The lowest BCUT2D eigenvalue weighted by Gasteiger charge is -2.08. The van der Waals surface area contributed by atoms with Crippen molar-refractivity contribution in [3.8, 4) is 17.9 Å². The average molecular weight is 467 g/mol. The van der Waals surface area contributed by atoms with Crippen LogP contribution in [-0.4, -0.2) is 59.5 Å². The molecule has 0 aliphatic rings. The topological polar surface area (TPSA) is 119 Å². The highest BCUT2D eigenvalue weighted by atomic mass is 32.1. The minimum absolute atomic E-state index is 0.0163. The van der Waals surface area contributed by atoms with Crippen LogP contribution in [0.2, 0.25) is 0 Å². The lowest BCUT2D eigenvalue weighted by molar-refractivity contribution is -0.120. The monoisotopic (exact) mass is 466 g/mol. The Balaban J connectivity index is 1.86. The van der Waals surface area contributed by atoms with Gasteiger partial charge in [-0.3, -0.25) is 10.1 Å². The molecule has 2 rings (SSSR count). The van der Waals surface area contributed by atoms with Crippen LogP contribution in [0.1, 0.15) is 43.0 Å². The molecule has 2 aromatic heterocycles. The Kier molecular flexibility index (Phi) is 11.4. The number of hydrogen-bond donors (Lipinski definition) is 3. The molecular weight excluding hydrogens is 436 g/mol. The van der Waals surface area contributed by atoms with Crippen molar-refractivity contribution >= 4 is 34.1 Å². The SMILES string of the molecule is CCCNc1nc(Nc2ncc(C#N)s2)ncc1C#CCCCNC(=O)C/C=C/CN(C)C. The highest BCUT2D eigenvalue weighted by molar-refractivity contribution is 7.16. The fourth-order valence-electron chi connectivity index (χ4n) is 2.50. The smallest absolute Gasteiger partial charge is 0.231 e. The Labute approximate surface area is 199 Å². The number of anilines is 3. The molecule has 0 atom stereocenters. The molecule has 1 amide bonds. The number of unbranched alkanes of at least 4 members (excludes halogenated alkanes) is 1. The van der Waals surface area contributed by atoms with Gasteiger partial charge in [-0.15, -0.1) is 0 Å². The second-order valence-corrected chi connectivity index (χ2v) is 8.37. The molecule has 0 unspecified atom stereocenters. The minimum Gasteiger partial charge on any atom is -0.369 e. The molecule has 2 heterocycles. The third kappa shape index (κ3) is 10.1. The molecule has 174 valence electrons. The molecule has 0 aromatic carbocycles. The summed E-state index contributed by atoms with van der Waals surface area (Å²) in [4.78, 5) is 27.3. The fourth-order valence-corrected chi connectivity index (χ4v) is 3.11. The van der Waals surface area contributed by atoms with Crippen LogP contribution in [0.25, 0.3) is 0 Å². The first kappa shape index (κ1) is 25.8. The Morgan fingerprint density at radius 3 is 2.82 bits per heavy atom. The van der Waals surface area contributed by atoms with E-state index in [1.165, 1.54) is 17.5 Å². The first-order chi connectivity index (χ1) is 16.0. The summed E-state index contributed by atoms with van der Waals surface area (Å²) in [6.07, 6.45) is 9.80. The maximum atomic E-state index is 11.8. The molecule has 0 radical (unpaired) electrons. The number of aromatic nitrogens is 3. The zero-order valence-corrected chi connectivity index (χ0v) is 20.1. The first-order valence-electron chi connectivity index (χ1n) is 10.8. The zero-order valence-electron chi connectivity index (χ0n) is 19.3. The summed E-state index contributed by atoms with van der Waals surface area (Å²) in [5.74, 6) is 7.30. The molecule has 0 spiro atoms. The van der Waals surface area contributed by atoms with Gasteiger partial charge in [0.2, 0.25) is 11.9 Å². The Morgan fingerprint density at radius 2 is 2.09 bits per heavy atom. The van der Waals surface area contributed by atoms with E-state index in [1.807, 2.05) is 31.1 Å². The number of hydrogen-bond acceptors (Lipinski definition) is 9. The van der Waals surface area contributed by atoms with Crippen molar-refractivity contribution in [3.05, 3.63) is 35.0 Å². The van der Waals surface area contributed by atoms with Crippen LogP contribution in [0.4, 0.5) is 16.9 Å². The molecule has 0 aliphatic carbocycles. The number of thiazole rings is 1. The number of carbonyl (C=O) groups is 1. The van der Waals surface area contributed by atoms with Crippen LogP contribution in [0.15, 0.2) is 24.5 Å². The fraction of sp³-hybridized carbons (Fsp3) is 0.435. The standard InChI is InChI=1S/C23H30N8OS/c1-4-12-26-21-18(16-27-22(29-21)30-23-28-17-19(15-24)33-23)10-6-5-8-13-25-20(32)11-7-9-14-31(2)3/h7,9,16-17H,4-5,8,11-14H2,1-3H3,(H,25,32)(H2,26,27,28,29,30)/b9-7+. The third-order valence-corrected chi connectivity index (χ3v) is 4.95. The Bertz CT molecular complexity index is 1030. The van der Waals surface area contributed by atoms with Crippen LogP contribution >= 0.6 is 11.3 Å². The molecule has 33 heavy (non-hydrogen) atoms. The maximum Gasteiger partial charge on any atom is 0.231 e.